The Morgan fingerprint density at radius 2 is 2.33 bits per heavy atom. The Kier molecular flexibility index (Phi) is 3.94. The summed E-state index contributed by atoms with van der Waals surface area (Å²) < 4.78 is 5.21. The molecule has 0 radical (unpaired) electrons. The van der Waals surface area contributed by atoms with Gasteiger partial charge < -0.3 is 20.9 Å². The smallest absolute Gasteiger partial charge is 0.243 e. The van der Waals surface area contributed by atoms with Crippen molar-refractivity contribution >= 4 is 5.91 Å². The third-order valence-electron chi connectivity index (χ3n) is 4.28. The fourth-order valence-electron chi connectivity index (χ4n) is 3.08. The van der Waals surface area contributed by atoms with Crippen LogP contribution in [0, 0.1) is 5.92 Å². The highest BCUT2D eigenvalue weighted by atomic mass is 16.5. The van der Waals surface area contributed by atoms with Gasteiger partial charge in [-0.05, 0) is 25.2 Å². The van der Waals surface area contributed by atoms with E-state index < -0.39 is 11.1 Å². The lowest BCUT2D eigenvalue weighted by Crippen LogP contribution is -2.63. The van der Waals surface area contributed by atoms with Crippen molar-refractivity contribution in [1.29, 1.82) is 0 Å². The first-order valence-corrected chi connectivity index (χ1v) is 6.80. The number of hydrogen-bond acceptors (Lipinski definition) is 4. The van der Waals surface area contributed by atoms with Gasteiger partial charge in [0.2, 0.25) is 5.91 Å². The number of nitrogens with two attached hydrogens (primary N) is 1. The van der Waals surface area contributed by atoms with Gasteiger partial charge in [-0.2, -0.15) is 0 Å². The van der Waals surface area contributed by atoms with Crippen LogP contribution >= 0.6 is 0 Å². The Morgan fingerprint density at radius 1 is 1.56 bits per heavy atom. The molecule has 5 nitrogen and oxygen atoms in total. The monoisotopic (exact) mass is 256 g/mol. The summed E-state index contributed by atoms with van der Waals surface area (Å²) in [5.41, 5.74) is 4.65. The summed E-state index contributed by atoms with van der Waals surface area (Å²) in [7, 11) is 0. The lowest BCUT2D eigenvalue weighted by molar-refractivity contribution is -0.129. The molecule has 1 saturated heterocycles. The van der Waals surface area contributed by atoms with E-state index in [9.17, 15) is 9.90 Å². The average Bonchev–Trinajstić information content (AvgIpc) is 2.77. The molecule has 104 valence electrons. The normalized spacial score (nSPS) is 40.7. The fourth-order valence-corrected chi connectivity index (χ4v) is 3.08. The Morgan fingerprint density at radius 3 is 2.89 bits per heavy atom. The molecule has 0 aromatic rings. The predicted molar refractivity (Wildman–Crippen MR) is 67.9 cm³/mol. The molecule has 5 heteroatoms. The van der Waals surface area contributed by atoms with Crippen LogP contribution in [0.5, 0.6) is 0 Å². The molecule has 1 saturated carbocycles. The highest BCUT2D eigenvalue weighted by Crippen LogP contribution is 2.32. The first-order valence-electron chi connectivity index (χ1n) is 6.80. The molecule has 4 N–H and O–H groups in total. The van der Waals surface area contributed by atoms with E-state index in [1.165, 1.54) is 0 Å². The quantitative estimate of drug-likeness (QED) is 0.671. The summed E-state index contributed by atoms with van der Waals surface area (Å²) in [4.78, 5) is 12.3. The second-order valence-electron chi connectivity index (χ2n) is 6.05. The van der Waals surface area contributed by atoms with E-state index in [0.717, 1.165) is 25.7 Å². The Bertz CT molecular complexity index is 315. The van der Waals surface area contributed by atoms with E-state index in [4.69, 9.17) is 10.5 Å². The van der Waals surface area contributed by atoms with Crippen molar-refractivity contribution in [1.82, 2.24) is 5.32 Å². The number of nitrogens with one attached hydrogen (secondary N) is 1. The summed E-state index contributed by atoms with van der Waals surface area (Å²) in [6.45, 7) is 2.95. The van der Waals surface area contributed by atoms with Gasteiger partial charge in [0.1, 0.15) is 5.54 Å². The largest absolute Gasteiger partial charge is 0.394 e. The number of carbonyl (C=O) groups is 1. The molecule has 2 aliphatic rings. The van der Waals surface area contributed by atoms with Crippen molar-refractivity contribution < 1.29 is 14.6 Å². The first-order chi connectivity index (χ1) is 8.50. The van der Waals surface area contributed by atoms with Crippen LogP contribution in [-0.4, -0.2) is 41.9 Å². The van der Waals surface area contributed by atoms with E-state index in [-0.39, 0.29) is 19.1 Å². The SMILES string of the molecule is CC1CCCC(CO)(NC(=O)C2(N)CCOC2)C1. The van der Waals surface area contributed by atoms with Crippen molar-refractivity contribution in [2.45, 2.75) is 50.1 Å². The van der Waals surface area contributed by atoms with Crippen LogP contribution in [0.2, 0.25) is 0 Å². The van der Waals surface area contributed by atoms with Crippen molar-refractivity contribution in [3.8, 4) is 0 Å². The van der Waals surface area contributed by atoms with Gasteiger partial charge in [0.15, 0.2) is 0 Å². The maximum atomic E-state index is 12.3. The van der Waals surface area contributed by atoms with E-state index in [0.29, 0.717) is 18.9 Å². The fraction of sp³-hybridized carbons (Fsp3) is 0.923. The molecule has 0 bridgehead atoms. The van der Waals surface area contributed by atoms with Crippen LogP contribution in [0.25, 0.3) is 0 Å². The van der Waals surface area contributed by atoms with Gasteiger partial charge in [-0.25, -0.2) is 0 Å². The first kappa shape index (κ1) is 13.8. The van der Waals surface area contributed by atoms with E-state index in [1.54, 1.807) is 0 Å². The number of hydrogen-bond donors (Lipinski definition) is 3. The van der Waals surface area contributed by atoms with Gasteiger partial charge in [-0.15, -0.1) is 0 Å². The number of rotatable bonds is 3. The summed E-state index contributed by atoms with van der Waals surface area (Å²) in [5.74, 6) is 0.350. The third kappa shape index (κ3) is 2.68. The molecule has 2 rings (SSSR count). The average molecular weight is 256 g/mol. The molecule has 2 fully saturated rings. The topological polar surface area (TPSA) is 84.6 Å². The number of amides is 1. The van der Waals surface area contributed by atoms with Gasteiger partial charge in [0.05, 0.1) is 18.8 Å². The van der Waals surface area contributed by atoms with Crippen LogP contribution in [0.3, 0.4) is 0 Å². The molecule has 1 aliphatic carbocycles. The lowest BCUT2D eigenvalue weighted by atomic mass is 9.76. The minimum Gasteiger partial charge on any atom is -0.394 e. The Hall–Kier alpha value is -0.650. The number of aliphatic hydroxyl groups is 1. The second-order valence-corrected chi connectivity index (χ2v) is 6.05. The van der Waals surface area contributed by atoms with Crippen LogP contribution in [0.1, 0.15) is 39.0 Å². The van der Waals surface area contributed by atoms with Gasteiger partial charge in [-0.1, -0.05) is 19.8 Å². The molecule has 0 spiro atoms. The number of carbonyl (C=O) groups excluding carboxylic acids is 1. The summed E-state index contributed by atoms with van der Waals surface area (Å²) in [6, 6.07) is 0. The maximum absolute atomic E-state index is 12.3. The van der Waals surface area contributed by atoms with E-state index >= 15 is 0 Å². The molecular weight excluding hydrogens is 232 g/mol. The zero-order valence-corrected chi connectivity index (χ0v) is 11.1. The molecule has 3 atom stereocenters. The van der Waals surface area contributed by atoms with Gasteiger partial charge in [-0.3, -0.25) is 4.79 Å². The summed E-state index contributed by atoms with van der Waals surface area (Å²) >= 11 is 0. The highest BCUT2D eigenvalue weighted by Gasteiger charge is 2.43. The van der Waals surface area contributed by atoms with Gasteiger partial charge >= 0.3 is 0 Å². The summed E-state index contributed by atoms with van der Waals surface area (Å²) in [5, 5.41) is 12.6. The zero-order valence-electron chi connectivity index (χ0n) is 11.1. The van der Waals surface area contributed by atoms with Crippen molar-refractivity contribution in [3.63, 3.8) is 0 Å². The minimum atomic E-state index is -0.914. The molecule has 3 unspecified atom stereocenters. The van der Waals surface area contributed by atoms with Gasteiger partial charge in [0.25, 0.3) is 0 Å². The van der Waals surface area contributed by atoms with Crippen LogP contribution < -0.4 is 11.1 Å². The molecule has 1 amide bonds. The standard InChI is InChI=1S/C13H24N2O3/c1-10-3-2-4-12(7-10,8-16)15-11(17)13(14)5-6-18-9-13/h10,16H,2-9,14H2,1H3,(H,15,17). The van der Waals surface area contributed by atoms with E-state index in [2.05, 4.69) is 12.2 Å². The van der Waals surface area contributed by atoms with E-state index in [1.807, 2.05) is 0 Å². The van der Waals surface area contributed by atoms with Crippen molar-refractivity contribution in [2.24, 2.45) is 11.7 Å². The number of aliphatic hydroxyl groups excluding tert-OH is 1. The third-order valence-corrected chi connectivity index (χ3v) is 4.28. The van der Waals surface area contributed by atoms with Gasteiger partial charge in [0, 0.05) is 6.61 Å². The molecule has 1 aliphatic heterocycles. The second kappa shape index (κ2) is 5.15. The summed E-state index contributed by atoms with van der Waals surface area (Å²) in [6.07, 6.45) is 4.41. The molecule has 0 aromatic heterocycles. The Labute approximate surface area is 108 Å². The lowest BCUT2D eigenvalue weighted by Gasteiger charge is -2.41. The van der Waals surface area contributed by atoms with Crippen LogP contribution in [0.4, 0.5) is 0 Å². The zero-order chi connectivity index (χ0) is 13.2. The number of ether oxygens (including phenoxy) is 1. The molecular formula is C13H24N2O3. The van der Waals surface area contributed by atoms with Crippen molar-refractivity contribution in [2.75, 3.05) is 19.8 Å². The molecule has 0 aromatic carbocycles. The molecule has 18 heavy (non-hydrogen) atoms. The van der Waals surface area contributed by atoms with Crippen LogP contribution in [-0.2, 0) is 9.53 Å². The van der Waals surface area contributed by atoms with Crippen molar-refractivity contribution in [3.05, 3.63) is 0 Å². The predicted octanol–water partition coefficient (Wildman–Crippen LogP) is 0.162. The van der Waals surface area contributed by atoms with Crippen LogP contribution in [0.15, 0.2) is 0 Å². The Balaban J connectivity index is 2.03. The minimum absolute atomic E-state index is 0.0139. The highest BCUT2D eigenvalue weighted by molar-refractivity contribution is 5.87. The molecule has 1 heterocycles. The maximum Gasteiger partial charge on any atom is 0.243 e.